The van der Waals surface area contributed by atoms with Gasteiger partial charge in [0.2, 0.25) is 0 Å². The molecule has 24 unspecified atom stereocenters. The summed E-state index contributed by atoms with van der Waals surface area (Å²) in [7, 11) is 0. The predicted octanol–water partition coefficient (Wildman–Crippen LogP) is -5.71. The third-order valence-electron chi connectivity index (χ3n) is 14.3. The van der Waals surface area contributed by atoms with Gasteiger partial charge in [0.1, 0.15) is 79.9 Å². The van der Waals surface area contributed by atoms with Crippen molar-refractivity contribution in [1.29, 1.82) is 0 Å². The van der Waals surface area contributed by atoms with E-state index in [1.165, 1.54) is 0 Å². The maximum Gasteiger partial charge on any atom is 0.330 e. The number of ether oxygens (including phenoxy) is 8. The number of aliphatic hydroxyl groups is 14. The summed E-state index contributed by atoms with van der Waals surface area (Å²) in [6, 6.07) is 0. The number of rotatable bonds is 13. The van der Waals surface area contributed by atoms with Crippen molar-refractivity contribution in [1.82, 2.24) is 0 Å². The monoisotopic (exact) mass is 940 g/mol. The SMILES string of the molecule is O=C(C=CC1CCC(O)C(O)C1)OCC1OC(OC2CC3C(OC4OC(CO)C(O)C(O)C4O)CC(O)CC3OC2C2CCC(O)CC2)C(OC2OC(CO)C(O)C(O)C2O)C(O)C1O. The first kappa shape index (κ1) is 51.2. The summed E-state index contributed by atoms with van der Waals surface area (Å²) >= 11 is 0. The molecule has 0 bridgehead atoms. The van der Waals surface area contributed by atoms with E-state index in [9.17, 15) is 76.3 Å². The second kappa shape index (κ2) is 22.4. The zero-order valence-electron chi connectivity index (χ0n) is 35.8. The van der Waals surface area contributed by atoms with Crippen LogP contribution in [0.2, 0.25) is 0 Å². The first-order valence-corrected chi connectivity index (χ1v) is 22.8. The van der Waals surface area contributed by atoms with Crippen molar-refractivity contribution < 1.29 is 114 Å². The minimum Gasteiger partial charge on any atom is -0.460 e. The van der Waals surface area contributed by atoms with Crippen LogP contribution in [0.15, 0.2) is 12.2 Å². The fraction of sp³-hybridized carbons (Fsp3) is 0.929. The van der Waals surface area contributed by atoms with Crippen molar-refractivity contribution in [3.63, 3.8) is 0 Å². The fourth-order valence-corrected chi connectivity index (χ4v) is 10.4. The van der Waals surface area contributed by atoms with E-state index >= 15 is 0 Å². The standard InChI is InChI=1S/C42H68O23/c43-13-26-30(50)33(53)36(56)40(62-26)60-24-11-19(46)10-23-20(24)12-25(38(59-23)17-3-5-18(45)6-4-17)61-42-39(65-41-37(57)34(54)31(51)27(14-44)63-41)35(55)32(52)28(64-42)15-58-29(49)8-2-16-1-7-21(47)22(48)9-16/h2,8,16-28,30-48,50-57H,1,3-7,9-15H2. The molecule has 7 aliphatic rings. The van der Waals surface area contributed by atoms with Gasteiger partial charge in [-0.2, -0.15) is 0 Å². The fourth-order valence-electron chi connectivity index (χ4n) is 10.4. The molecule has 0 aromatic rings. The van der Waals surface area contributed by atoms with Crippen LogP contribution in [0.3, 0.4) is 0 Å². The average Bonchev–Trinajstić information content (AvgIpc) is 3.29. The van der Waals surface area contributed by atoms with Gasteiger partial charge >= 0.3 is 5.97 Å². The van der Waals surface area contributed by atoms with Crippen LogP contribution in [0.1, 0.15) is 64.2 Å². The molecule has 65 heavy (non-hydrogen) atoms. The number of aliphatic hydroxyl groups excluding tert-OH is 14. The number of esters is 1. The van der Waals surface area contributed by atoms with E-state index in [0.29, 0.717) is 38.5 Å². The minimum atomic E-state index is -1.94. The van der Waals surface area contributed by atoms with Gasteiger partial charge in [-0.25, -0.2) is 4.79 Å². The lowest BCUT2D eigenvalue weighted by molar-refractivity contribution is -0.380. The summed E-state index contributed by atoms with van der Waals surface area (Å²) in [4.78, 5) is 12.9. The van der Waals surface area contributed by atoms with Gasteiger partial charge < -0.3 is 109 Å². The summed E-state index contributed by atoms with van der Waals surface area (Å²) in [5.74, 6) is -1.91. The van der Waals surface area contributed by atoms with Crippen LogP contribution >= 0.6 is 0 Å². The van der Waals surface area contributed by atoms with E-state index in [1.807, 2.05) is 0 Å². The van der Waals surface area contributed by atoms with Crippen molar-refractivity contribution in [3.05, 3.63) is 12.2 Å². The van der Waals surface area contributed by atoms with E-state index in [4.69, 9.17) is 37.9 Å². The van der Waals surface area contributed by atoms with Crippen LogP contribution in [0, 0.1) is 17.8 Å². The Morgan fingerprint density at radius 1 is 0.523 bits per heavy atom. The molecule has 4 saturated heterocycles. The Morgan fingerprint density at radius 3 is 1.72 bits per heavy atom. The molecule has 0 amide bonds. The van der Waals surface area contributed by atoms with E-state index in [2.05, 4.69) is 0 Å². The van der Waals surface area contributed by atoms with E-state index < -0.39 is 173 Å². The Labute approximate surface area is 374 Å². The molecule has 3 aliphatic carbocycles. The third kappa shape index (κ3) is 11.7. The van der Waals surface area contributed by atoms with Gasteiger partial charge in [-0.1, -0.05) is 6.08 Å². The Morgan fingerprint density at radius 2 is 1.11 bits per heavy atom. The molecule has 3 saturated carbocycles. The highest BCUT2D eigenvalue weighted by Gasteiger charge is 2.56. The van der Waals surface area contributed by atoms with Gasteiger partial charge in [0, 0.05) is 18.4 Å². The van der Waals surface area contributed by atoms with Crippen molar-refractivity contribution >= 4 is 5.97 Å². The maximum absolute atomic E-state index is 12.9. The quantitative estimate of drug-likeness (QED) is 0.0604. The van der Waals surface area contributed by atoms with Crippen LogP contribution in [0.5, 0.6) is 0 Å². The molecule has 4 aliphatic heterocycles. The largest absolute Gasteiger partial charge is 0.460 e. The predicted molar refractivity (Wildman–Crippen MR) is 212 cm³/mol. The molecule has 7 rings (SSSR count). The maximum atomic E-state index is 12.9. The number of carbonyl (C=O) groups is 1. The minimum absolute atomic E-state index is 0.00536. The van der Waals surface area contributed by atoms with Crippen LogP contribution in [-0.4, -0.2) is 238 Å². The zero-order valence-corrected chi connectivity index (χ0v) is 35.8. The van der Waals surface area contributed by atoms with Gasteiger partial charge in [-0.3, -0.25) is 0 Å². The summed E-state index contributed by atoms with van der Waals surface area (Å²) in [5, 5.41) is 148. The lowest BCUT2D eigenvalue weighted by Gasteiger charge is -2.52. The smallest absolute Gasteiger partial charge is 0.330 e. The van der Waals surface area contributed by atoms with Crippen LogP contribution < -0.4 is 0 Å². The van der Waals surface area contributed by atoms with Gasteiger partial charge in [-0.05, 0) is 69.6 Å². The number of fused-ring (bicyclic) bond motifs is 1. The molecule has 14 N–H and O–H groups in total. The Balaban J connectivity index is 1.14. The molecule has 23 heteroatoms. The van der Waals surface area contributed by atoms with Gasteiger partial charge in [0.15, 0.2) is 18.9 Å². The van der Waals surface area contributed by atoms with Crippen molar-refractivity contribution in [3.8, 4) is 0 Å². The van der Waals surface area contributed by atoms with Crippen molar-refractivity contribution in [2.24, 2.45) is 17.8 Å². The van der Waals surface area contributed by atoms with Crippen molar-refractivity contribution in [2.75, 3.05) is 19.8 Å². The van der Waals surface area contributed by atoms with E-state index in [-0.39, 0.29) is 37.5 Å². The molecule has 0 aromatic heterocycles. The molecule has 0 radical (unpaired) electrons. The zero-order chi connectivity index (χ0) is 46.9. The van der Waals surface area contributed by atoms with Crippen LogP contribution in [0.4, 0.5) is 0 Å². The average molecular weight is 941 g/mol. The number of allylic oxidation sites excluding steroid dienone is 1. The topological polar surface area (TPSA) is 374 Å². The second-order valence-corrected chi connectivity index (χ2v) is 18.8. The molecule has 4 heterocycles. The number of carbonyl (C=O) groups excluding carboxylic acids is 1. The molecule has 7 fully saturated rings. The lowest BCUT2D eigenvalue weighted by Crippen LogP contribution is -2.66. The third-order valence-corrected chi connectivity index (χ3v) is 14.3. The second-order valence-electron chi connectivity index (χ2n) is 18.8. The molecule has 23 nitrogen and oxygen atoms in total. The highest BCUT2D eigenvalue weighted by atomic mass is 16.8. The highest BCUT2D eigenvalue weighted by Crippen LogP contribution is 2.45. The molecule has 24 atom stereocenters. The Hall–Kier alpha value is -1.63. The molecule has 374 valence electrons. The summed E-state index contributed by atoms with van der Waals surface area (Å²) in [6.07, 6.45) is -26.2. The van der Waals surface area contributed by atoms with Crippen LogP contribution in [-0.2, 0) is 42.7 Å². The lowest BCUT2D eigenvalue weighted by atomic mass is 9.73. The molecule has 0 aromatic carbocycles. The Kier molecular flexibility index (Phi) is 17.7. The first-order chi connectivity index (χ1) is 31.0. The van der Waals surface area contributed by atoms with Gasteiger partial charge in [-0.15, -0.1) is 0 Å². The van der Waals surface area contributed by atoms with Crippen molar-refractivity contribution in [2.45, 2.75) is 205 Å². The van der Waals surface area contributed by atoms with E-state index in [1.54, 1.807) is 6.08 Å². The highest BCUT2D eigenvalue weighted by molar-refractivity contribution is 5.81. The normalized spacial score (nSPS) is 51.0. The first-order valence-electron chi connectivity index (χ1n) is 22.8. The molecule has 0 spiro atoms. The summed E-state index contributed by atoms with van der Waals surface area (Å²) in [6.45, 7) is -2.13. The van der Waals surface area contributed by atoms with Gasteiger partial charge in [0.25, 0.3) is 0 Å². The summed E-state index contributed by atoms with van der Waals surface area (Å²) in [5.41, 5.74) is 0. The van der Waals surface area contributed by atoms with E-state index in [0.717, 1.165) is 6.08 Å². The Bertz CT molecular complexity index is 1530. The van der Waals surface area contributed by atoms with Crippen LogP contribution in [0.25, 0.3) is 0 Å². The number of hydrogen-bond acceptors (Lipinski definition) is 23. The molecular formula is C42H68O23. The summed E-state index contributed by atoms with van der Waals surface area (Å²) < 4.78 is 48.6. The molecular weight excluding hydrogens is 872 g/mol. The van der Waals surface area contributed by atoms with Gasteiger partial charge in [0.05, 0.1) is 62.0 Å². The number of hydrogen-bond donors (Lipinski definition) is 14.